The molecule has 0 unspecified atom stereocenters. The quantitative estimate of drug-likeness (QED) is 0.157. The molecule has 2 saturated heterocycles. The van der Waals surface area contributed by atoms with Gasteiger partial charge in [0.15, 0.2) is 0 Å². The molecule has 0 aromatic heterocycles. The van der Waals surface area contributed by atoms with Gasteiger partial charge in [0, 0.05) is 56.7 Å². The van der Waals surface area contributed by atoms with Crippen LogP contribution in [0, 0.1) is 0 Å². The maximum absolute atomic E-state index is 12.4. The molecule has 39 heavy (non-hydrogen) atoms. The van der Waals surface area contributed by atoms with Gasteiger partial charge in [-0.2, -0.15) is 11.8 Å². The van der Waals surface area contributed by atoms with Gasteiger partial charge >= 0.3 is 18.2 Å². The molecule has 0 aromatic carbocycles. The molecule has 0 aliphatic carbocycles. The van der Waals surface area contributed by atoms with Crippen LogP contribution in [-0.4, -0.2) is 103 Å². The number of ether oxygens (including phenoxy) is 2. The van der Waals surface area contributed by atoms with Crippen molar-refractivity contribution < 1.29 is 28.7 Å². The summed E-state index contributed by atoms with van der Waals surface area (Å²) < 4.78 is 10.5. The van der Waals surface area contributed by atoms with Gasteiger partial charge in [-0.25, -0.2) is 14.4 Å². The third kappa shape index (κ3) is 14.0. The molecule has 13 heteroatoms. The third-order valence-electron chi connectivity index (χ3n) is 6.02. The first kappa shape index (κ1) is 32.8. The SMILES string of the molecule is CC(C)(C)OC(=O)NCCN(CCNC(=O)CCCC[C@@H]1SC[C@@H]2NC(=O)N[C@@H]21)CCNC(=O)OC(C)(C)C. The lowest BCUT2D eigenvalue weighted by molar-refractivity contribution is -0.121. The van der Waals surface area contributed by atoms with E-state index in [2.05, 4.69) is 26.6 Å². The summed E-state index contributed by atoms with van der Waals surface area (Å²) in [5.41, 5.74) is -1.15. The van der Waals surface area contributed by atoms with Crippen molar-refractivity contribution in [3.8, 4) is 0 Å². The van der Waals surface area contributed by atoms with Crippen LogP contribution >= 0.6 is 11.8 Å². The summed E-state index contributed by atoms with van der Waals surface area (Å²) in [4.78, 5) is 49.8. The number of urea groups is 1. The predicted molar refractivity (Wildman–Crippen MR) is 152 cm³/mol. The number of rotatable bonds is 14. The van der Waals surface area contributed by atoms with Gasteiger partial charge in [0.05, 0.1) is 12.1 Å². The number of thioether (sulfide) groups is 1. The van der Waals surface area contributed by atoms with E-state index in [0.717, 1.165) is 25.0 Å². The van der Waals surface area contributed by atoms with Gasteiger partial charge in [-0.1, -0.05) is 6.42 Å². The van der Waals surface area contributed by atoms with E-state index in [-0.39, 0.29) is 24.0 Å². The van der Waals surface area contributed by atoms with Crippen molar-refractivity contribution in [3.63, 3.8) is 0 Å². The summed E-state index contributed by atoms with van der Waals surface area (Å²) in [6.45, 7) is 13.6. The number of fused-ring (bicyclic) bond motifs is 1. The fourth-order valence-electron chi connectivity index (χ4n) is 4.31. The smallest absolute Gasteiger partial charge is 0.407 e. The number of nitrogens with zero attached hydrogens (tertiary/aromatic N) is 1. The topological polar surface area (TPSA) is 150 Å². The second kappa shape index (κ2) is 15.4. The lowest BCUT2D eigenvalue weighted by atomic mass is 10.0. The number of carbonyl (C=O) groups excluding carboxylic acids is 4. The highest BCUT2D eigenvalue weighted by Gasteiger charge is 2.42. The summed E-state index contributed by atoms with van der Waals surface area (Å²) >= 11 is 1.88. The van der Waals surface area contributed by atoms with Crippen LogP contribution in [0.15, 0.2) is 0 Å². The first-order valence-electron chi connectivity index (χ1n) is 13.8. The van der Waals surface area contributed by atoms with Crippen molar-refractivity contribution in [3.05, 3.63) is 0 Å². The lowest BCUT2D eigenvalue weighted by Gasteiger charge is -2.24. The highest BCUT2D eigenvalue weighted by molar-refractivity contribution is 8.00. The number of nitrogens with one attached hydrogen (secondary N) is 5. The molecular weight excluding hydrogens is 524 g/mol. The highest BCUT2D eigenvalue weighted by Crippen LogP contribution is 2.33. The van der Waals surface area contributed by atoms with E-state index in [0.29, 0.717) is 50.9 Å². The maximum atomic E-state index is 12.4. The molecule has 224 valence electrons. The molecule has 2 rings (SSSR count). The van der Waals surface area contributed by atoms with Crippen molar-refractivity contribution >= 4 is 35.9 Å². The molecule has 5 amide bonds. The molecule has 2 aliphatic rings. The average molecular weight is 573 g/mol. The van der Waals surface area contributed by atoms with Crippen LogP contribution in [0.5, 0.6) is 0 Å². The molecule has 2 heterocycles. The van der Waals surface area contributed by atoms with Gasteiger partial charge < -0.3 is 36.1 Å². The Kier molecular flexibility index (Phi) is 12.9. The average Bonchev–Trinajstić information content (AvgIpc) is 3.33. The van der Waals surface area contributed by atoms with Crippen molar-refractivity contribution in [2.24, 2.45) is 0 Å². The third-order valence-corrected chi connectivity index (χ3v) is 7.53. The normalized spacial score (nSPS) is 20.6. The summed E-state index contributed by atoms with van der Waals surface area (Å²) in [7, 11) is 0. The second-order valence-corrected chi connectivity index (χ2v) is 13.2. The number of unbranched alkanes of at least 4 members (excludes halogenated alkanes) is 1. The van der Waals surface area contributed by atoms with Crippen LogP contribution in [-0.2, 0) is 14.3 Å². The minimum absolute atomic E-state index is 0.00139. The molecule has 2 aliphatic heterocycles. The van der Waals surface area contributed by atoms with Crippen molar-refractivity contribution in [1.29, 1.82) is 0 Å². The van der Waals surface area contributed by atoms with Crippen LogP contribution in [0.2, 0.25) is 0 Å². The van der Waals surface area contributed by atoms with E-state index in [4.69, 9.17) is 9.47 Å². The van der Waals surface area contributed by atoms with Gasteiger partial charge in [0.1, 0.15) is 11.2 Å². The highest BCUT2D eigenvalue weighted by atomic mass is 32.2. The Balaban J connectivity index is 1.67. The van der Waals surface area contributed by atoms with Gasteiger partial charge in [0.25, 0.3) is 0 Å². The first-order chi connectivity index (χ1) is 18.2. The second-order valence-electron chi connectivity index (χ2n) is 11.9. The first-order valence-corrected chi connectivity index (χ1v) is 14.9. The summed E-state index contributed by atoms with van der Waals surface area (Å²) in [6.07, 6.45) is 2.19. The summed E-state index contributed by atoms with van der Waals surface area (Å²) in [5.74, 6) is 0.938. The minimum atomic E-state index is -0.576. The summed E-state index contributed by atoms with van der Waals surface area (Å²) in [6, 6.07) is 0.333. The molecule has 5 N–H and O–H groups in total. The molecule has 2 fully saturated rings. The number of hydrogen-bond acceptors (Lipinski definition) is 8. The van der Waals surface area contributed by atoms with Crippen LogP contribution in [0.3, 0.4) is 0 Å². The molecule has 0 saturated carbocycles. The van der Waals surface area contributed by atoms with E-state index >= 15 is 0 Å². The molecule has 0 radical (unpaired) electrons. The van der Waals surface area contributed by atoms with Crippen LogP contribution in [0.25, 0.3) is 0 Å². The fourth-order valence-corrected chi connectivity index (χ4v) is 5.86. The minimum Gasteiger partial charge on any atom is -0.444 e. The van der Waals surface area contributed by atoms with Gasteiger partial charge in [-0.3, -0.25) is 9.69 Å². The van der Waals surface area contributed by atoms with Crippen LogP contribution < -0.4 is 26.6 Å². The number of carbonyl (C=O) groups is 4. The van der Waals surface area contributed by atoms with Crippen LogP contribution in [0.1, 0.15) is 67.2 Å². The molecular formula is C26H48N6O6S. The Morgan fingerprint density at radius 1 is 0.872 bits per heavy atom. The van der Waals surface area contributed by atoms with Crippen molar-refractivity contribution in [2.45, 2.75) is 95.8 Å². The van der Waals surface area contributed by atoms with Crippen LogP contribution in [0.4, 0.5) is 14.4 Å². The van der Waals surface area contributed by atoms with Crippen molar-refractivity contribution in [2.75, 3.05) is 45.0 Å². The maximum Gasteiger partial charge on any atom is 0.407 e. The number of hydrogen-bond donors (Lipinski definition) is 5. The van der Waals surface area contributed by atoms with Crippen molar-refractivity contribution in [1.82, 2.24) is 31.5 Å². The number of amides is 5. The Bertz CT molecular complexity index is 797. The fraction of sp³-hybridized carbons (Fsp3) is 0.846. The zero-order chi connectivity index (χ0) is 29.1. The zero-order valence-corrected chi connectivity index (χ0v) is 25.1. The van der Waals surface area contributed by atoms with Gasteiger partial charge in [-0.15, -0.1) is 0 Å². The largest absolute Gasteiger partial charge is 0.444 e. The number of alkyl carbamates (subject to hydrolysis) is 2. The van der Waals surface area contributed by atoms with E-state index < -0.39 is 23.4 Å². The Morgan fingerprint density at radius 3 is 1.95 bits per heavy atom. The monoisotopic (exact) mass is 572 g/mol. The molecule has 0 aromatic rings. The molecule has 12 nitrogen and oxygen atoms in total. The Hall–Kier alpha value is -2.41. The molecule has 3 atom stereocenters. The van der Waals surface area contributed by atoms with E-state index in [9.17, 15) is 19.2 Å². The Labute approximate surface area is 236 Å². The standard InChI is InChI=1S/C26H48N6O6S/c1-25(2,3)37-23(35)28-12-15-32(16-13-29-24(36)38-26(4,5)6)14-11-27-20(33)10-8-7-9-19-21-18(17-39-19)30-22(34)31-21/h18-19,21H,7-17H2,1-6H3,(H,27,33)(H,28,35)(H,29,36)(H2,30,31,34)/t18-,19-,21-/m0/s1. The zero-order valence-electron chi connectivity index (χ0n) is 24.3. The molecule has 0 spiro atoms. The Morgan fingerprint density at radius 2 is 1.41 bits per heavy atom. The van der Waals surface area contributed by atoms with Gasteiger partial charge in [-0.05, 0) is 54.4 Å². The van der Waals surface area contributed by atoms with E-state index in [1.807, 2.05) is 16.7 Å². The van der Waals surface area contributed by atoms with E-state index in [1.165, 1.54) is 0 Å². The molecule has 0 bridgehead atoms. The lowest BCUT2D eigenvalue weighted by Crippen LogP contribution is -2.44. The summed E-state index contributed by atoms with van der Waals surface area (Å²) in [5, 5.41) is 14.8. The predicted octanol–water partition coefficient (Wildman–Crippen LogP) is 2.18. The van der Waals surface area contributed by atoms with E-state index in [1.54, 1.807) is 41.5 Å². The van der Waals surface area contributed by atoms with Gasteiger partial charge in [0.2, 0.25) is 5.91 Å².